The highest BCUT2D eigenvalue weighted by Crippen LogP contribution is 2.35. The molecule has 0 saturated heterocycles. The van der Waals surface area contributed by atoms with E-state index in [-0.39, 0.29) is 0 Å². The normalized spacial score (nSPS) is 12.9. The van der Waals surface area contributed by atoms with Crippen molar-refractivity contribution >= 4 is 37.4 Å². The van der Waals surface area contributed by atoms with Gasteiger partial charge in [0.15, 0.2) is 11.5 Å². The molecule has 1 heterocycles. The molecule has 5 heteroatoms. The quantitative estimate of drug-likeness (QED) is 0.481. The Bertz CT molecular complexity index is 1050. The second kappa shape index (κ2) is 8.16. The van der Waals surface area contributed by atoms with Gasteiger partial charge in [0.25, 0.3) is 0 Å². The maximum Gasteiger partial charge on any atom is 0.161 e. The van der Waals surface area contributed by atoms with Gasteiger partial charge in [-0.1, -0.05) is 74.0 Å². The molecule has 3 aromatic rings. The predicted molar refractivity (Wildman–Crippen MR) is 130 cm³/mol. The van der Waals surface area contributed by atoms with Gasteiger partial charge in [-0.15, -0.1) is 0 Å². The lowest BCUT2D eigenvalue weighted by Gasteiger charge is -2.30. The molecule has 2 aromatic carbocycles. The summed E-state index contributed by atoms with van der Waals surface area (Å²) >= 11 is 0. The Labute approximate surface area is 176 Å². The van der Waals surface area contributed by atoms with Crippen LogP contribution in [0.3, 0.4) is 0 Å². The van der Waals surface area contributed by atoms with Crippen molar-refractivity contribution in [2.45, 2.75) is 32.7 Å². The van der Waals surface area contributed by atoms with E-state index in [9.17, 15) is 0 Å². The van der Waals surface area contributed by atoms with Gasteiger partial charge in [0, 0.05) is 11.6 Å². The third kappa shape index (κ3) is 4.46. The maximum absolute atomic E-state index is 5.61. The van der Waals surface area contributed by atoms with Crippen molar-refractivity contribution in [2.24, 2.45) is 0 Å². The number of ether oxygens (including phenoxy) is 2. The Balaban J connectivity index is 2.26. The van der Waals surface area contributed by atoms with E-state index in [1.165, 1.54) is 21.3 Å². The fraction of sp³-hybridized carbons (Fsp3) is 0.292. The van der Waals surface area contributed by atoms with E-state index in [1.54, 1.807) is 14.2 Å². The molecule has 0 atom stereocenters. The van der Waals surface area contributed by atoms with Gasteiger partial charge in [0.2, 0.25) is 0 Å². The molecule has 0 saturated carbocycles. The standard InChI is InChI=1S/C24H31NO2Si2/c1-26-20-14-13-19(16-21(20)27-2)23(17-28(3,4)5)29(6,7)22-12-8-10-18-11-9-15-25-24(18)22/h8-17H,1-7H3/b23-17+. The fourth-order valence-corrected chi connectivity index (χ4v) is 10.1. The highest BCUT2D eigenvalue weighted by atomic mass is 28.3. The summed E-state index contributed by atoms with van der Waals surface area (Å²) < 4.78 is 11.1. The predicted octanol–water partition coefficient (Wildman–Crippen LogP) is 5.67. The number of pyridine rings is 1. The van der Waals surface area contributed by atoms with Gasteiger partial charge < -0.3 is 9.47 Å². The largest absolute Gasteiger partial charge is 0.493 e. The molecule has 1 aromatic heterocycles. The van der Waals surface area contributed by atoms with Crippen LogP contribution in [0.5, 0.6) is 11.5 Å². The molecule has 0 radical (unpaired) electrons. The van der Waals surface area contributed by atoms with E-state index in [1.807, 2.05) is 18.3 Å². The van der Waals surface area contributed by atoms with E-state index in [4.69, 9.17) is 14.5 Å². The van der Waals surface area contributed by atoms with Gasteiger partial charge in [-0.25, -0.2) is 0 Å². The molecular formula is C24H31NO2Si2. The Hall–Kier alpha value is -2.38. The van der Waals surface area contributed by atoms with Crippen molar-refractivity contribution in [1.82, 2.24) is 4.98 Å². The summed E-state index contributed by atoms with van der Waals surface area (Å²) in [6.07, 6.45) is 1.90. The molecule has 0 unspecified atom stereocenters. The summed E-state index contributed by atoms with van der Waals surface area (Å²) in [6, 6.07) is 17.0. The zero-order valence-electron chi connectivity index (χ0n) is 18.5. The van der Waals surface area contributed by atoms with Crippen LogP contribution in [0.2, 0.25) is 32.7 Å². The highest BCUT2D eigenvalue weighted by Gasteiger charge is 2.33. The number of fused-ring (bicyclic) bond motifs is 1. The van der Waals surface area contributed by atoms with Crippen molar-refractivity contribution in [3.63, 3.8) is 0 Å². The second-order valence-corrected chi connectivity index (χ2v) is 18.3. The van der Waals surface area contributed by atoms with Crippen molar-refractivity contribution < 1.29 is 9.47 Å². The maximum atomic E-state index is 5.61. The summed E-state index contributed by atoms with van der Waals surface area (Å²) in [6.45, 7) is 12.0. The van der Waals surface area contributed by atoms with Crippen molar-refractivity contribution in [3.8, 4) is 11.5 Å². The minimum atomic E-state index is -2.05. The number of nitrogens with zero attached hydrogens (tertiary/aromatic N) is 1. The van der Waals surface area contributed by atoms with E-state index in [0.29, 0.717) is 0 Å². The first kappa shape index (κ1) is 21.3. The highest BCUT2D eigenvalue weighted by molar-refractivity contribution is 7.07. The van der Waals surface area contributed by atoms with Crippen LogP contribution in [0, 0.1) is 0 Å². The topological polar surface area (TPSA) is 31.4 Å². The Morgan fingerprint density at radius 1 is 0.862 bits per heavy atom. The van der Waals surface area contributed by atoms with Crippen molar-refractivity contribution in [3.05, 3.63) is 66.0 Å². The Kier molecular flexibility index (Phi) is 6.01. The second-order valence-electron chi connectivity index (χ2n) is 9.00. The summed E-state index contributed by atoms with van der Waals surface area (Å²) in [7, 11) is -0.160. The Morgan fingerprint density at radius 2 is 1.55 bits per heavy atom. The lowest BCUT2D eigenvalue weighted by Crippen LogP contribution is -2.44. The van der Waals surface area contributed by atoms with E-state index in [0.717, 1.165) is 17.0 Å². The molecule has 3 nitrogen and oxygen atoms in total. The zero-order valence-corrected chi connectivity index (χ0v) is 20.5. The fourth-order valence-electron chi connectivity index (χ4n) is 3.82. The molecule has 152 valence electrons. The average molecular weight is 422 g/mol. The molecule has 3 rings (SSSR count). The number of para-hydroxylation sites is 1. The molecule has 0 spiro atoms. The molecule has 0 fully saturated rings. The van der Waals surface area contributed by atoms with Gasteiger partial charge in [0.05, 0.1) is 27.8 Å². The van der Waals surface area contributed by atoms with Gasteiger partial charge >= 0.3 is 0 Å². The molecule has 0 aliphatic rings. The van der Waals surface area contributed by atoms with Crippen LogP contribution >= 0.6 is 0 Å². The monoisotopic (exact) mass is 421 g/mol. The van der Waals surface area contributed by atoms with Crippen LogP contribution in [0.15, 0.2) is 60.4 Å². The number of hydrogen-bond donors (Lipinski definition) is 0. The minimum Gasteiger partial charge on any atom is -0.493 e. The molecule has 0 aliphatic carbocycles. The number of benzene rings is 2. The number of aromatic nitrogens is 1. The van der Waals surface area contributed by atoms with Gasteiger partial charge in [0.1, 0.15) is 8.07 Å². The summed E-state index contributed by atoms with van der Waals surface area (Å²) in [4.78, 5) is 4.76. The molecule has 0 amide bonds. The minimum absolute atomic E-state index is 0.759. The molecule has 0 N–H and O–H groups in total. The summed E-state index contributed by atoms with van der Waals surface area (Å²) in [5, 5.41) is 4.01. The van der Waals surface area contributed by atoms with E-state index < -0.39 is 16.1 Å². The number of methoxy groups -OCH3 is 2. The van der Waals surface area contributed by atoms with E-state index in [2.05, 4.69) is 74.8 Å². The lowest BCUT2D eigenvalue weighted by molar-refractivity contribution is 0.355. The Morgan fingerprint density at radius 3 is 2.21 bits per heavy atom. The lowest BCUT2D eigenvalue weighted by atomic mass is 10.2. The zero-order chi connectivity index (χ0) is 21.2. The third-order valence-electron chi connectivity index (χ3n) is 5.25. The number of rotatable bonds is 6. The molecule has 0 aliphatic heterocycles. The van der Waals surface area contributed by atoms with E-state index >= 15 is 0 Å². The van der Waals surface area contributed by atoms with Gasteiger partial charge in [-0.3, -0.25) is 4.98 Å². The average Bonchev–Trinajstić information content (AvgIpc) is 2.70. The van der Waals surface area contributed by atoms with Gasteiger partial charge in [-0.05, 0) is 28.9 Å². The first-order valence-electron chi connectivity index (χ1n) is 9.97. The van der Waals surface area contributed by atoms with Gasteiger partial charge in [-0.2, -0.15) is 0 Å². The van der Waals surface area contributed by atoms with Crippen LogP contribution in [-0.2, 0) is 0 Å². The third-order valence-corrected chi connectivity index (χ3v) is 10.2. The van der Waals surface area contributed by atoms with Crippen LogP contribution < -0.4 is 14.7 Å². The van der Waals surface area contributed by atoms with Crippen LogP contribution in [-0.4, -0.2) is 35.4 Å². The molecule has 0 bridgehead atoms. The first-order valence-corrected chi connectivity index (χ1v) is 16.5. The van der Waals surface area contributed by atoms with Crippen LogP contribution in [0.25, 0.3) is 16.1 Å². The summed E-state index contributed by atoms with van der Waals surface area (Å²) in [5.74, 6) is 1.53. The SMILES string of the molecule is COc1ccc(/C(=C\[Si](C)(C)C)[Si](C)(C)c2cccc3cccnc23)cc1OC. The summed E-state index contributed by atoms with van der Waals surface area (Å²) in [5.41, 5.74) is 4.89. The first-order chi connectivity index (χ1) is 13.7. The van der Waals surface area contributed by atoms with Crippen LogP contribution in [0.1, 0.15) is 5.56 Å². The van der Waals surface area contributed by atoms with Crippen LogP contribution in [0.4, 0.5) is 0 Å². The van der Waals surface area contributed by atoms with Crippen molar-refractivity contribution in [2.75, 3.05) is 14.2 Å². The smallest absolute Gasteiger partial charge is 0.161 e. The molecule has 29 heavy (non-hydrogen) atoms. The van der Waals surface area contributed by atoms with Crippen molar-refractivity contribution in [1.29, 1.82) is 0 Å². The number of hydrogen-bond acceptors (Lipinski definition) is 3. The molecular weight excluding hydrogens is 390 g/mol.